The molecule has 29 heavy (non-hydrogen) atoms. The van der Waals surface area contributed by atoms with Gasteiger partial charge in [0, 0.05) is 4.88 Å². The highest BCUT2D eigenvalue weighted by atomic mass is 32.2. The molecule has 1 heterocycles. The molecular weight excluding hydrogens is 432 g/mol. The molecule has 0 saturated heterocycles. The number of rotatable bonds is 4. The van der Waals surface area contributed by atoms with Crippen LogP contribution in [0, 0.1) is 5.82 Å². The Bertz CT molecular complexity index is 991. The lowest BCUT2D eigenvalue weighted by molar-refractivity contribution is -0.140. The third-order valence-corrected chi connectivity index (χ3v) is 7.05. The molecule has 0 atom stereocenters. The van der Waals surface area contributed by atoms with Gasteiger partial charge >= 0.3 is 6.18 Å². The minimum Gasteiger partial charge on any atom is -0.273 e. The third kappa shape index (κ3) is 5.14. The van der Waals surface area contributed by atoms with Crippen LogP contribution in [0.15, 0.2) is 29.2 Å². The standard InChI is InChI=1S/C18H18F4N2O3S2/c19-14-8-7-12(10-13(14)18(20,21)22)29(26,27)24-23-17(25)16-9-11-5-3-1-2-4-6-15(11)28-16/h7-10,24H,1-6H2,(H,23,25). The molecule has 0 spiro atoms. The summed E-state index contributed by atoms with van der Waals surface area (Å²) < 4.78 is 76.2. The normalized spacial score (nSPS) is 15.3. The molecule has 1 aliphatic carbocycles. The number of fused-ring (bicyclic) bond motifs is 1. The average Bonchev–Trinajstić information content (AvgIpc) is 3.01. The number of hydrogen-bond donors (Lipinski definition) is 2. The predicted molar refractivity (Wildman–Crippen MR) is 99.4 cm³/mol. The van der Waals surface area contributed by atoms with Crippen molar-refractivity contribution in [3.05, 3.63) is 51.0 Å². The van der Waals surface area contributed by atoms with Crippen LogP contribution in [0.2, 0.25) is 0 Å². The smallest absolute Gasteiger partial charge is 0.273 e. The van der Waals surface area contributed by atoms with Crippen LogP contribution in [0.5, 0.6) is 0 Å². The number of thiophene rings is 1. The fraction of sp³-hybridized carbons (Fsp3) is 0.389. The summed E-state index contributed by atoms with van der Waals surface area (Å²) in [5, 5.41) is 0. The molecule has 3 rings (SSSR count). The molecule has 11 heteroatoms. The number of nitrogens with one attached hydrogen (secondary N) is 2. The third-order valence-electron chi connectivity index (χ3n) is 4.57. The van der Waals surface area contributed by atoms with Crippen LogP contribution in [-0.4, -0.2) is 14.3 Å². The molecule has 5 nitrogen and oxygen atoms in total. The lowest BCUT2D eigenvalue weighted by atomic mass is 10.00. The van der Waals surface area contributed by atoms with E-state index >= 15 is 0 Å². The van der Waals surface area contributed by atoms with Gasteiger partial charge in [-0.25, -0.2) is 12.8 Å². The highest BCUT2D eigenvalue weighted by Gasteiger charge is 2.35. The largest absolute Gasteiger partial charge is 0.419 e. The Morgan fingerprint density at radius 3 is 2.41 bits per heavy atom. The van der Waals surface area contributed by atoms with Crippen LogP contribution in [0.25, 0.3) is 0 Å². The Labute approximate surface area is 169 Å². The van der Waals surface area contributed by atoms with E-state index in [2.05, 4.69) is 0 Å². The maximum atomic E-state index is 13.4. The number of carbonyl (C=O) groups is 1. The van der Waals surface area contributed by atoms with Gasteiger partial charge in [0.05, 0.1) is 15.3 Å². The second-order valence-corrected chi connectivity index (χ2v) is 9.49. The quantitative estimate of drug-likeness (QED) is 0.542. The van der Waals surface area contributed by atoms with Crippen LogP contribution in [0.4, 0.5) is 17.6 Å². The number of aryl methyl sites for hydroxylation is 2. The van der Waals surface area contributed by atoms with Gasteiger partial charge in [0.1, 0.15) is 5.82 Å². The average molecular weight is 450 g/mol. The van der Waals surface area contributed by atoms with E-state index in [-0.39, 0.29) is 6.07 Å². The minimum absolute atomic E-state index is 0.181. The van der Waals surface area contributed by atoms with Crippen molar-refractivity contribution in [3.8, 4) is 0 Å². The van der Waals surface area contributed by atoms with Gasteiger partial charge in [-0.05, 0) is 55.5 Å². The van der Waals surface area contributed by atoms with E-state index in [0.29, 0.717) is 17.0 Å². The monoisotopic (exact) mass is 450 g/mol. The van der Waals surface area contributed by atoms with Crippen LogP contribution >= 0.6 is 11.3 Å². The van der Waals surface area contributed by atoms with Crippen LogP contribution in [0.3, 0.4) is 0 Å². The Balaban J connectivity index is 1.74. The zero-order chi connectivity index (χ0) is 21.2. The maximum Gasteiger partial charge on any atom is 0.419 e. The van der Waals surface area contributed by atoms with E-state index < -0.39 is 38.4 Å². The molecule has 2 aromatic rings. The number of carbonyl (C=O) groups excluding carboxylic acids is 1. The van der Waals surface area contributed by atoms with Crippen molar-refractivity contribution in [2.75, 3.05) is 0 Å². The van der Waals surface area contributed by atoms with E-state index in [0.717, 1.165) is 49.0 Å². The lowest BCUT2D eigenvalue weighted by Crippen LogP contribution is -2.41. The lowest BCUT2D eigenvalue weighted by Gasteiger charge is -2.11. The molecule has 1 aromatic heterocycles. The molecule has 0 radical (unpaired) electrons. The summed E-state index contributed by atoms with van der Waals surface area (Å²) in [4.78, 5) is 14.7. The second kappa shape index (κ2) is 8.41. The Morgan fingerprint density at radius 2 is 1.72 bits per heavy atom. The molecule has 1 amide bonds. The van der Waals surface area contributed by atoms with Gasteiger partial charge in [-0.15, -0.1) is 16.2 Å². The van der Waals surface area contributed by atoms with Gasteiger partial charge in [0.25, 0.3) is 15.9 Å². The first-order valence-corrected chi connectivity index (χ1v) is 11.2. The van der Waals surface area contributed by atoms with Gasteiger partial charge in [0.2, 0.25) is 0 Å². The SMILES string of the molecule is O=C(NNS(=O)(=O)c1ccc(F)c(C(F)(F)F)c1)c1cc2c(s1)CCCCCC2. The number of hydrazine groups is 1. The molecule has 1 aliphatic rings. The Morgan fingerprint density at radius 1 is 1.03 bits per heavy atom. The van der Waals surface area contributed by atoms with E-state index in [1.54, 1.807) is 10.9 Å². The summed E-state index contributed by atoms with van der Waals surface area (Å²) >= 11 is 1.27. The molecule has 1 aromatic carbocycles. The van der Waals surface area contributed by atoms with Crippen molar-refractivity contribution >= 4 is 27.3 Å². The topological polar surface area (TPSA) is 75.3 Å². The minimum atomic E-state index is -5.05. The van der Waals surface area contributed by atoms with Crippen LogP contribution < -0.4 is 10.3 Å². The molecule has 158 valence electrons. The molecule has 2 N–H and O–H groups in total. The number of hydrogen-bond acceptors (Lipinski definition) is 4. The second-order valence-electron chi connectivity index (χ2n) is 6.67. The zero-order valence-electron chi connectivity index (χ0n) is 15.1. The maximum absolute atomic E-state index is 13.4. The number of amides is 1. The first-order valence-electron chi connectivity index (χ1n) is 8.88. The fourth-order valence-corrected chi connectivity index (χ4v) is 5.09. The zero-order valence-corrected chi connectivity index (χ0v) is 16.7. The van der Waals surface area contributed by atoms with Crippen molar-refractivity contribution in [1.82, 2.24) is 10.3 Å². The van der Waals surface area contributed by atoms with E-state index in [1.165, 1.54) is 11.3 Å². The van der Waals surface area contributed by atoms with Gasteiger partial charge in [-0.1, -0.05) is 12.8 Å². The van der Waals surface area contributed by atoms with E-state index in [9.17, 15) is 30.8 Å². The van der Waals surface area contributed by atoms with Crippen molar-refractivity contribution in [2.45, 2.75) is 49.6 Å². The van der Waals surface area contributed by atoms with Gasteiger partial charge in [-0.2, -0.15) is 13.2 Å². The van der Waals surface area contributed by atoms with Gasteiger partial charge in [-0.3, -0.25) is 10.2 Å². The molecule has 0 bridgehead atoms. The molecule has 0 aliphatic heterocycles. The summed E-state index contributed by atoms with van der Waals surface area (Å²) in [5.74, 6) is -2.29. The van der Waals surface area contributed by atoms with Crippen molar-refractivity contribution in [1.29, 1.82) is 0 Å². The fourth-order valence-electron chi connectivity index (χ4n) is 3.08. The number of sulfonamides is 1. The summed E-state index contributed by atoms with van der Waals surface area (Å²) in [5.41, 5.74) is 1.37. The molecule has 0 unspecified atom stereocenters. The van der Waals surface area contributed by atoms with Gasteiger partial charge in [0.15, 0.2) is 0 Å². The number of benzene rings is 1. The van der Waals surface area contributed by atoms with Crippen molar-refractivity contribution in [3.63, 3.8) is 0 Å². The van der Waals surface area contributed by atoms with E-state index in [1.807, 2.05) is 5.43 Å². The van der Waals surface area contributed by atoms with Gasteiger partial charge < -0.3 is 0 Å². The summed E-state index contributed by atoms with van der Waals surface area (Å²) in [7, 11) is -4.52. The molecule has 0 fully saturated rings. The first-order chi connectivity index (χ1) is 13.6. The molecule has 0 saturated carbocycles. The van der Waals surface area contributed by atoms with Crippen LogP contribution in [0.1, 0.15) is 51.4 Å². The van der Waals surface area contributed by atoms with Crippen molar-refractivity contribution in [2.24, 2.45) is 0 Å². The van der Waals surface area contributed by atoms with E-state index in [4.69, 9.17) is 0 Å². The highest BCUT2D eigenvalue weighted by molar-refractivity contribution is 7.89. The van der Waals surface area contributed by atoms with Crippen molar-refractivity contribution < 1.29 is 30.8 Å². The molecular formula is C18H18F4N2O3S2. The van der Waals surface area contributed by atoms with Crippen LogP contribution in [-0.2, 0) is 29.0 Å². The number of halogens is 4. The summed E-state index contributed by atoms with van der Waals surface area (Å²) in [6, 6.07) is 3.00. The summed E-state index contributed by atoms with van der Waals surface area (Å²) in [6.07, 6.45) is 0.934. The first kappa shape index (κ1) is 21.7. The summed E-state index contributed by atoms with van der Waals surface area (Å²) in [6.45, 7) is 0. The Hall–Kier alpha value is -1.98. The predicted octanol–water partition coefficient (Wildman–Crippen LogP) is 4.19. The number of alkyl halides is 3. The Kier molecular flexibility index (Phi) is 6.30. The highest BCUT2D eigenvalue weighted by Crippen LogP contribution is 2.33.